The number of H-pyrrole nitrogens is 1. The number of amides is 2. The lowest BCUT2D eigenvalue weighted by molar-refractivity contribution is -0.115. The van der Waals surface area contributed by atoms with Crippen LogP contribution in [0.25, 0.3) is 0 Å². The fraction of sp³-hybridized carbons (Fsp3) is 0.560. The van der Waals surface area contributed by atoms with Crippen molar-refractivity contribution in [3.05, 3.63) is 41.6 Å². The Morgan fingerprint density at radius 3 is 2.62 bits per heavy atom. The van der Waals surface area contributed by atoms with Crippen LogP contribution >= 0.6 is 0 Å². The lowest BCUT2D eigenvalue weighted by atomic mass is 9.84. The van der Waals surface area contributed by atoms with Crippen molar-refractivity contribution in [3.63, 3.8) is 0 Å². The van der Waals surface area contributed by atoms with Crippen LogP contribution in [0.1, 0.15) is 69.0 Å². The summed E-state index contributed by atoms with van der Waals surface area (Å²) >= 11 is 0. The second kappa shape index (κ2) is 10.5. The molecule has 0 bridgehead atoms. The van der Waals surface area contributed by atoms with E-state index in [1.54, 1.807) is 7.11 Å². The number of nitrogens with zero attached hydrogens (tertiary/aromatic N) is 1. The van der Waals surface area contributed by atoms with Gasteiger partial charge in [-0.15, -0.1) is 0 Å². The number of methoxy groups -OCH3 is 1. The van der Waals surface area contributed by atoms with Crippen molar-refractivity contribution in [2.24, 2.45) is 0 Å². The number of alkyl carbamates (subject to hydrolysis) is 1. The summed E-state index contributed by atoms with van der Waals surface area (Å²) in [5, 5.41) is 23.1. The molecule has 2 aliphatic carbocycles. The van der Waals surface area contributed by atoms with Gasteiger partial charge in [0.2, 0.25) is 5.91 Å². The van der Waals surface area contributed by atoms with Crippen molar-refractivity contribution in [1.29, 1.82) is 0 Å². The highest BCUT2D eigenvalue weighted by Crippen LogP contribution is 2.36. The molecule has 1 heterocycles. The van der Waals surface area contributed by atoms with Crippen molar-refractivity contribution in [1.82, 2.24) is 15.5 Å². The highest BCUT2D eigenvalue weighted by Gasteiger charge is 2.32. The van der Waals surface area contributed by atoms with E-state index in [0.717, 1.165) is 42.7 Å². The number of carbonyl (C=O) groups is 2. The number of ether oxygens (including phenoxy) is 2. The molecule has 2 amide bonds. The summed E-state index contributed by atoms with van der Waals surface area (Å²) in [5.41, 5.74) is 1.20. The first-order valence-electron chi connectivity index (χ1n) is 12.0. The van der Waals surface area contributed by atoms with E-state index in [4.69, 9.17) is 9.47 Å². The average Bonchev–Trinajstić information content (AvgIpc) is 3.45. The smallest absolute Gasteiger partial charge is 0.407 e. The van der Waals surface area contributed by atoms with E-state index in [1.807, 2.05) is 37.3 Å². The third kappa shape index (κ3) is 6.50. The lowest BCUT2D eigenvalue weighted by Gasteiger charge is -2.33. The van der Waals surface area contributed by atoms with Gasteiger partial charge in [0.05, 0.1) is 19.1 Å². The summed E-state index contributed by atoms with van der Waals surface area (Å²) < 4.78 is 10.8. The van der Waals surface area contributed by atoms with Crippen LogP contribution in [0.5, 0.6) is 5.75 Å². The average molecular weight is 471 g/mol. The van der Waals surface area contributed by atoms with Gasteiger partial charge in [-0.3, -0.25) is 9.89 Å². The van der Waals surface area contributed by atoms with Gasteiger partial charge in [-0.1, -0.05) is 12.1 Å². The summed E-state index contributed by atoms with van der Waals surface area (Å²) in [7, 11) is 1.61. The quantitative estimate of drug-likeness (QED) is 0.489. The fourth-order valence-corrected chi connectivity index (χ4v) is 4.79. The van der Waals surface area contributed by atoms with Gasteiger partial charge in [-0.05, 0) is 69.6 Å². The first-order chi connectivity index (χ1) is 16.3. The van der Waals surface area contributed by atoms with Gasteiger partial charge >= 0.3 is 6.09 Å². The summed E-state index contributed by atoms with van der Waals surface area (Å²) in [6.07, 6.45) is 4.99. The number of carbonyl (C=O) groups excluding carboxylic acids is 2. The molecule has 0 unspecified atom stereocenters. The highest BCUT2D eigenvalue weighted by atomic mass is 16.6. The van der Waals surface area contributed by atoms with Crippen LogP contribution in [-0.4, -0.2) is 52.2 Å². The van der Waals surface area contributed by atoms with Gasteiger partial charge in [0.1, 0.15) is 11.9 Å². The molecule has 9 heteroatoms. The zero-order chi connectivity index (χ0) is 24.1. The van der Waals surface area contributed by atoms with Crippen LogP contribution < -0.4 is 15.4 Å². The molecule has 2 fully saturated rings. The minimum absolute atomic E-state index is 0.0571. The molecule has 0 aliphatic heterocycles. The number of hydrogen-bond donors (Lipinski definition) is 4. The van der Waals surface area contributed by atoms with Crippen molar-refractivity contribution < 1.29 is 24.2 Å². The minimum Gasteiger partial charge on any atom is -0.497 e. The molecular formula is C25H34N4O5. The molecule has 0 saturated heterocycles. The van der Waals surface area contributed by atoms with Crippen LogP contribution in [0, 0.1) is 0 Å². The lowest BCUT2D eigenvalue weighted by Crippen LogP contribution is -2.43. The molecule has 0 spiro atoms. The maximum atomic E-state index is 12.4. The molecule has 2 aliphatic rings. The van der Waals surface area contributed by atoms with Crippen LogP contribution in [0.4, 0.5) is 10.6 Å². The minimum atomic E-state index is -0.626. The number of hydrogen-bond acceptors (Lipinski definition) is 6. The fourth-order valence-electron chi connectivity index (χ4n) is 4.79. The summed E-state index contributed by atoms with van der Waals surface area (Å²) in [4.78, 5) is 24.7. The van der Waals surface area contributed by atoms with Crippen molar-refractivity contribution in [2.75, 3.05) is 12.4 Å². The molecule has 9 nitrogen and oxygen atoms in total. The molecule has 34 heavy (non-hydrogen) atoms. The Morgan fingerprint density at radius 2 is 1.91 bits per heavy atom. The number of benzene rings is 1. The Hall–Kier alpha value is -3.07. The van der Waals surface area contributed by atoms with Gasteiger partial charge in [0.25, 0.3) is 0 Å². The van der Waals surface area contributed by atoms with Gasteiger partial charge in [0.15, 0.2) is 5.82 Å². The summed E-state index contributed by atoms with van der Waals surface area (Å²) in [6, 6.07) is 9.29. The van der Waals surface area contributed by atoms with Gasteiger partial charge in [-0.2, -0.15) is 5.10 Å². The second-order valence-electron chi connectivity index (χ2n) is 9.73. The monoisotopic (exact) mass is 470 g/mol. The Kier molecular flexibility index (Phi) is 7.41. The Balaban J connectivity index is 1.21. The van der Waals surface area contributed by atoms with Crippen LogP contribution in [0.15, 0.2) is 30.3 Å². The van der Waals surface area contributed by atoms with Crippen molar-refractivity contribution in [3.8, 4) is 5.75 Å². The largest absolute Gasteiger partial charge is 0.497 e. The third-order valence-electron chi connectivity index (χ3n) is 6.87. The molecule has 1 aromatic carbocycles. The van der Waals surface area contributed by atoms with E-state index >= 15 is 0 Å². The zero-order valence-electron chi connectivity index (χ0n) is 19.8. The molecule has 4 rings (SSSR count). The third-order valence-corrected chi connectivity index (χ3v) is 6.87. The number of anilines is 1. The second-order valence-corrected chi connectivity index (χ2v) is 9.73. The van der Waals surface area contributed by atoms with E-state index in [-0.39, 0.29) is 36.5 Å². The maximum Gasteiger partial charge on any atom is 0.407 e. The first-order valence-corrected chi connectivity index (χ1v) is 12.0. The number of aromatic nitrogens is 2. The van der Waals surface area contributed by atoms with Gasteiger partial charge in [0, 0.05) is 23.7 Å². The van der Waals surface area contributed by atoms with Crippen molar-refractivity contribution in [2.45, 2.75) is 82.0 Å². The molecule has 0 radical (unpaired) electrons. The Labute approximate surface area is 199 Å². The van der Waals surface area contributed by atoms with E-state index in [0.29, 0.717) is 25.1 Å². The highest BCUT2D eigenvalue weighted by molar-refractivity contribution is 5.91. The maximum absolute atomic E-state index is 12.4. The summed E-state index contributed by atoms with van der Waals surface area (Å²) in [6.45, 7) is 1.84. The molecule has 2 saturated carbocycles. The molecule has 1 aromatic heterocycles. The van der Waals surface area contributed by atoms with Crippen LogP contribution in [-0.2, 0) is 16.0 Å². The van der Waals surface area contributed by atoms with Crippen molar-refractivity contribution >= 4 is 17.8 Å². The molecule has 2 atom stereocenters. The Morgan fingerprint density at radius 1 is 1.18 bits per heavy atom. The van der Waals surface area contributed by atoms with E-state index in [9.17, 15) is 14.7 Å². The standard InChI is InChI=1S/C25H34N4O5/c1-25(32)11-9-18(10-12-25)26-24(31)34-20-8-5-17(14-20)21-15-22(29-28-21)27-23(30)13-16-3-6-19(33-2)7-4-16/h3-4,6-7,15,17-18,20,32H,5,8-14H2,1-2H3,(H,26,31)(H2,27,28,29,30)/t17-,18-,20+,25+/m1/s1. The molecular weight excluding hydrogens is 436 g/mol. The Bertz CT molecular complexity index is 977. The zero-order valence-corrected chi connectivity index (χ0v) is 19.8. The number of nitrogens with one attached hydrogen (secondary N) is 3. The topological polar surface area (TPSA) is 126 Å². The molecule has 4 N–H and O–H groups in total. The predicted molar refractivity (Wildman–Crippen MR) is 127 cm³/mol. The SMILES string of the molecule is COc1ccc(CC(=O)Nc2cc([C@@H]3CC[C@H](OC(=O)N[C@H]4CC[C@@](C)(O)CC4)C3)[nH]n2)cc1. The van der Waals surface area contributed by atoms with Crippen LogP contribution in [0.2, 0.25) is 0 Å². The normalized spacial score (nSPS) is 26.6. The first kappa shape index (κ1) is 24.1. The predicted octanol–water partition coefficient (Wildman–Crippen LogP) is 3.66. The number of aromatic amines is 1. The van der Waals surface area contributed by atoms with E-state index in [1.165, 1.54) is 0 Å². The van der Waals surface area contributed by atoms with Gasteiger partial charge in [-0.25, -0.2) is 4.79 Å². The summed E-state index contributed by atoms with van der Waals surface area (Å²) in [5.74, 6) is 1.29. The number of aliphatic hydroxyl groups is 1. The van der Waals surface area contributed by atoms with E-state index < -0.39 is 5.60 Å². The molecule has 184 valence electrons. The van der Waals surface area contributed by atoms with Gasteiger partial charge < -0.3 is 25.2 Å². The van der Waals surface area contributed by atoms with Crippen LogP contribution in [0.3, 0.4) is 0 Å². The molecule has 2 aromatic rings. The number of rotatable bonds is 7. The van der Waals surface area contributed by atoms with E-state index in [2.05, 4.69) is 20.8 Å².